The minimum atomic E-state index is -0.904. The zero-order valence-electron chi connectivity index (χ0n) is 8.40. The molecule has 0 saturated carbocycles. The van der Waals surface area contributed by atoms with Crippen molar-refractivity contribution in [3.05, 3.63) is 22.4 Å². The highest BCUT2D eigenvalue weighted by Crippen LogP contribution is 2.20. The molecule has 0 radical (unpaired) electrons. The standard InChI is InChI=1S/C10H13NO3S/c1-7(8-3-2-6-15-8)10(14)11-5-4-9(12)13/h2-3,6-7H,4-5H2,1H3,(H,11,14)(H,12,13)/t7-/m0/s1. The molecule has 1 heterocycles. The van der Waals surface area contributed by atoms with Crippen LogP contribution in [-0.2, 0) is 9.59 Å². The van der Waals surface area contributed by atoms with Gasteiger partial charge in [-0.1, -0.05) is 6.07 Å². The highest BCUT2D eigenvalue weighted by molar-refractivity contribution is 7.10. The van der Waals surface area contributed by atoms with E-state index in [4.69, 9.17) is 5.11 Å². The summed E-state index contributed by atoms with van der Waals surface area (Å²) in [4.78, 5) is 22.7. The molecule has 1 rings (SSSR count). The smallest absolute Gasteiger partial charge is 0.305 e. The van der Waals surface area contributed by atoms with E-state index in [1.54, 1.807) is 0 Å². The zero-order chi connectivity index (χ0) is 11.3. The first-order valence-corrected chi connectivity index (χ1v) is 5.52. The molecule has 0 bridgehead atoms. The summed E-state index contributed by atoms with van der Waals surface area (Å²) < 4.78 is 0. The topological polar surface area (TPSA) is 66.4 Å². The molecule has 0 aliphatic carbocycles. The Morgan fingerprint density at radius 3 is 2.87 bits per heavy atom. The number of carbonyl (C=O) groups excluding carboxylic acids is 1. The van der Waals surface area contributed by atoms with Crippen LogP contribution in [0.1, 0.15) is 24.1 Å². The number of carboxylic acids is 1. The number of aliphatic carboxylic acids is 1. The Balaban J connectivity index is 2.37. The summed E-state index contributed by atoms with van der Waals surface area (Å²) in [6, 6.07) is 3.78. The molecule has 4 nitrogen and oxygen atoms in total. The first-order valence-electron chi connectivity index (χ1n) is 4.64. The first-order chi connectivity index (χ1) is 7.11. The third kappa shape index (κ3) is 3.71. The van der Waals surface area contributed by atoms with Gasteiger partial charge in [-0.2, -0.15) is 0 Å². The van der Waals surface area contributed by atoms with Crippen molar-refractivity contribution < 1.29 is 14.7 Å². The van der Waals surface area contributed by atoms with Crippen molar-refractivity contribution in [3.8, 4) is 0 Å². The molecule has 0 aliphatic heterocycles. The van der Waals surface area contributed by atoms with E-state index in [0.717, 1.165) is 4.88 Å². The maximum Gasteiger partial charge on any atom is 0.305 e. The average molecular weight is 227 g/mol. The summed E-state index contributed by atoms with van der Waals surface area (Å²) in [6.07, 6.45) is -0.0388. The molecule has 0 aliphatic rings. The predicted octanol–water partition coefficient (Wildman–Crippen LogP) is 1.44. The molecular formula is C10H13NO3S. The van der Waals surface area contributed by atoms with Crippen molar-refractivity contribution >= 4 is 23.2 Å². The number of carboxylic acid groups (broad SMARTS) is 1. The number of carbonyl (C=O) groups is 2. The SMILES string of the molecule is C[C@H](C(=O)NCCC(=O)O)c1cccs1. The number of amides is 1. The van der Waals surface area contributed by atoms with Gasteiger partial charge in [0.05, 0.1) is 12.3 Å². The van der Waals surface area contributed by atoms with Crippen LogP contribution in [-0.4, -0.2) is 23.5 Å². The molecule has 0 fully saturated rings. The molecule has 15 heavy (non-hydrogen) atoms. The van der Waals surface area contributed by atoms with Gasteiger partial charge in [0.15, 0.2) is 0 Å². The van der Waals surface area contributed by atoms with Gasteiger partial charge in [0, 0.05) is 11.4 Å². The van der Waals surface area contributed by atoms with E-state index in [1.807, 2.05) is 24.4 Å². The van der Waals surface area contributed by atoms with E-state index in [0.29, 0.717) is 0 Å². The molecule has 1 atom stereocenters. The summed E-state index contributed by atoms with van der Waals surface area (Å²) in [5.74, 6) is -1.24. The molecule has 82 valence electrons. The van der Waals surface area contributed by atoms with Crippen LogP contribution in [0, 0.1) is 0 Å². The Morgan fingerprint density at radius 1 is 1.60 bits per heavy atom. The van der Waals surface area contributed by atoms with E-state index < -0.39 is 5.97 Å². The number of thiophene rings is 1. The van der Waals surface area contributed by atoms with Gasteiger partial charge >= 0.3 is 5.97 Å². The lowest BCUT2D eigenvalue weighted by molar-refractivity contribution is -0.136. The fraction of sp³-hybridized carbons (Fsp3) is 0.400. The molecule has 1 aromatic heterocycles. The third-order valence-corrected chi connectivity index (χ3v) is 3.06. The van der Waals surface area contributed by atoms with Gasteiger partial charge in [0.1, 0.15) is 0 Å². The van der Waals surface area contributed by atoms with E-state index in [-0.39, 0.29) is 24.8 Å². The molecule has 5 heteroatoms. The number of nitrogens with one attached hydrogen (secondary N) is 1. The van der Waals surface area contributed by atoms with Crippen LogP contribution >= 0.6 is 11.3 Å². The lowest BCUT2D eigenvalue weighted by atomic mass is 10.1. The van der Waals surface area contributed by atoms with Crippen LogP contribution in [0.25, 0.3) is 0 Å². The minimum absolute atomic E-state index is 0.0388. The van der Waals surface area contributed by atoms with Gasteiger partial charge in [-0.3, -0.25) is 9.59 Å². The van der Waals surface area contributed by atoms with Gasteiger partial charge in [0.2, 0.25) is 5.91 Å². The second-order valence-electron chi connectivity index (χ2n) is 3.17. The maximum atomic E-state index is 11.5. The van der Waals surface area contributed by atoms with Crippen LogP contribution in [0.2, 0.25) is 0 Å². The number of hydrogen-bond donors (Lipinski definition) is 2. The monoisotopic (exact) mass is 227 g/mol. The molecule has 0 aromatic carbocycles. The second kappa shape index (κ2) is 5.50. The maximum absolute atomic E-state index is 11.5. The predicted molar refractivity (Wildman–Crippen MR) is 58.0 cm³/mol. The summed E-state index contributed by atoms with van der Waals surface area (Å²) in [7, 11) is 0. The zero-order valence-corrected chi connectivity index (χ0v) is 9.21. The highest BCUT2D eigenvalue weighted by atomic mass is 32.1. The van der Waals surface area contributed by atoms with Gasteiger partial charge in [-0.15, -0.1) is 11.3 Å². The minimum Gasteiger partial charge on any atom is -0.481 e. The van der Waals surface area contributed by atoms with Gasteiger partial charge in [-0.05, 0) is 18.4 Å². The Hall–Kier alpha value is -1.36. The van der Waals surface area contributed by atoms with Gasteiger partial charge < -0.3 is 10.4 Å². The fourth-order valence-corrected chi connectivity index (χ4v) is 1.90. The number of rotatable bonds is 5. The van der Waals surface area contributed by atoms with Crippen LogP contribution in [0.5, 0.6) is 0 Å². The van der Waals surface area contributed by atoms with Crippen molar-refractivity contribution in [1.82, 2.24) is 5.32 Å². The van der Waals surface area contributed by atoms with Crippen LogP contribution < -0.4 is 5.32 Å². The lowest BCUT2D eigenvalue weighted by Crippen LogP contribution is -2.29. The highest BCUT2D eigenvalue weighted by Gasteiger charge is 2.15. The van der Waals surface area contributed by atoms with E-state index in [2.05, 4.69) is 5.32 Å². The summed E-state index contributed by atoms with van der Waals surface area (Å²) in [5, 5.41) is 12.9. The Bertz CT molecular complexity index is 334. The van der Waals surface area contributed by atoms with Gasteiger partial charge in [-0.25, -0.2) is 0 Å². The summed E-state index contributed by atoms with van der Waals surface area (Å²) in [6.45, 7) is 1.99. The van der Waals surface area contributed by atoms with Gasteiger partial charge in [0.25, 0.3) is 0 Å². The fourth-order valence-electron chi connectivity index (χ4n) is 1.11. The van der Waals surface area contributed by atoms with Crippen molar-refractivity contribution in [2.24, 2.45) is 0 Å². The average Bonchev–Trinajstić information content (AvgIpc) is 2.68. The first kappa shape index (κ1) is 11.7. The normalized spacial score (nSPS) is 12.1. The van der Waals surface area contributed by atoms with Crippen LogP contribution in [0.4, 0.5) is 0 Å². The molecule has 0 saturated heterocycles. The molecule has 1 amide bonds. The molecule has 0 spiro atoms. The van der Waals surface area contributed by atoms with Crippen molar-refractivity contribution in [3.63, 3.8) is 0 Å². The third-order valence-electron chi connectivity index (χ3n) is 2.00. The molecule has 2 N–H and O–H groups in total. The quantitative estimate of drug-likeness (QED) is 0.800. The van der Waals surface area contributed by atoms with E-state index in [1.165, 1.54) is 11.3 Å². The van der Waals surface area contributed by atoms with Crippen molar-refractivity contribution in [1.29, 1.82) is 0 Å². The molecule has 1 aromatic rings. The lowest BCUT2D eigenvalue weighted by Gasteiger charge is -2.09. The summed E-state index contributed by atoms with van der Waals surface area (Å²) >= 11 is 1.52. The Morgan fingerprint density at radius 2 is 2.33 bits per heavy atom. The van der Waals surface area contributed by atoms with Crippen LogP contribution in [0.3, 0.4) is 0 Å². The van der Waals surface area contributed by atoms with E-state index >= 15 is 0 Å². The summed E-state index contributed by atoms with van der Waals surface area (Å²) in [5.41, 5.74) is 0. The second-order valence-corrected chi connectivity index (χ2v) is 4.15. The molecule has 0 unspecified atom stereocenters. The largest absolute Gasteiger partial charge is 0.481 e. The van der Waals surface area contributed by atoms with E-state index in [9.17, 15) is 9.59 Å². The molecular weight excluding hydrogens is 214 g/mol. The number of hydrogen-bond acceptors (Lipinski definition) is 3. The van der Waals surface area contributed by atoms with Crippen molar-refractivity contribution in [2.75, 3.05) is 6.54 Å². The van der Waals surface area contributed by atoms with Crippen molar-refractivity contribution in [2.45, 2.75) is 19.3 Å². The Labute approximate surface area is 91.9 Å². The van der Waals surface area contributed by atoms with Crippen LogP contribution in [0.15, 0.2) is 17.5 Å². The Kier molecular flexibility index (Phi) is 4.30.